The van der Waals surface area contributed by atoms with Gasteiger partial charge in [-0.3, -0.25) is 10.1 Å². The number of rotatable bonds is 2. The molecule has 1 aromatic heterocycles. The van der Waals surface area contributed by atoms with E-state index in [2.05, 4.69) is 30.7 Å². The molecule has 0 saturated carbocycles. The minimum absolute atomic E-state index is 0.0264. The number of hydrogen-bond donors (Lipinski definition) is 4. The summed E-state index contributed by atoms with van der Waals surface area (Å²) in [5.41, 5.74) is 0.232. The summed E-state index contributed by atoms with van der Waals surface area (Å²) in [7, 11) is 1.23. The lowest BCUT2D eigenvalue weighted by molar-refractivity contribution is -0.116. The van der Waals surface area contributed by atoms with Gasteiger partial charge in [0.25, 0.3) is 0 Å². The van der Waals surface area contributed by atoms with E-state index >= 15 is 0 Å². The van der Waals surface area contributed by atoms with Crippen LogP contribution < -0.4 is 16.0 Å². The lowest BCUT2D eigenvalue weighted by Crippen LogP contribution is -2.35. The molecule has 0 saturated heterocycles. The molecule has 1 atom stereocenters. The summed E-state index contributed by atoms with van der Waals surface area (Å²) >= 11 is 0. The number of alkyl carbamates (subject to hydrolysis) is 1. The largest absolute Gasteiger partial charge is 0.453 e. The van der Waals surface area contributed by atoms with Crippen molar-refractivity contribution in [3.8, 4) is 11.3 Å². The molecule has 3 amide bonds. The summed E-state index contributed by atoms with van der Waals surface area (Å²) in [6, 6.07) is 3.94. The molecule has 0 radical (unpaired) electrons. The van der Waals surface area contributed by atoms with Gasteiger partial charge >= 0.3 is 12.2 Å². The fourth-order valence-corrected chi connectivity index (χ4v) is 3.39. The second-order valence-electron chi connectivity index (χ2n) is 8.65. The van der Waals surface area contributed by atoms with Gasteiger partial charge in [0, 0.05) is 17.7 Å². The number of aromatic nitrogens is 2. The number of halogens is 1. The van der Waals surface area contributed by atoms with Gasteiger partial charge in [0.2, 0.25) is 11.9 Å². The van der Waals surface area contributed by atoms with E-state index in [-0.39, 0.29) is 29.5 Å². The highest BCUT2D eigenvalue weighted by Gasteiger charge is 2.26. The summed E-state index contributed by atoms with van der Waals surface area (Å²) in [6.07, 6.45) is 0.475. The molecule has 2 bridgehead atoms. The van der Waals surface area contributed by atoms with E-state index in [0.29, 0.717) is 30.5 Å². The molecule has 1 aliphatic heterocycles. The number of hydrogen-bond acceptors (Lipinski definition) is 6. The molecule has 1 unspecified atom stereocenters. The third-order valence-electron chi connectivity index (χ3n) is 4.83. The van der Waals surface area contributed by atoms with Gasteiger partial charge in [0.1, 0.15) is 17.1 Å². The summed E-state index contributed by atoms with van der Waals surface area (Å²) < 4.78 is 24.9. The highest BCUT2D eigenvalue weighted by Crippen LogP contribution is 2.33. The third-order valence-corrected chi connectivity index (χ3v) is 4.83. The van der Waals surface area contributed by atoms with Crippen LogP contribution in [0.1, 0.15) is 58.3 Å². The van der Waals surface area contributed by atoms with Crippen molar-refractivity contribution in [2.45, 2.75) is 58.1 Å². The fraction of sp³-hybridized carbons (Fsp3) is 0.455. The van der Waals surface area contributed by atoms with Gasteiger partial charge in [-0.2, -0.15) is 4.39 Å². The van der Waals surface area contributed by atoms with E-state index in [9.17, 15) is 18.8 Å². The highest BCUT2D eigenvalue weighted by molar-refractivity contribution is 5.97. The van der Waals surface area contributed by atoms with Crippen LogP contribution in [0.4, 0.5) is 25.4 Å². The Labute approximate surface area is 190 Å². The van der Waals surface area contributed by atoms with Gasteiger partial charge in [-0.25, -0.2) is 14.6 Å². The summed E-state index contributed by atoms with van der Waals surface area (Å²) in [5.74, 6) is -0.743. The number of imidazole rings is 1. The van der Waals surface area contributed by atoms with Crippen LogP contribution in [-0.2, 0) is 14.3 Å². The van der Waals surface area contributed by atoms with Crippen molar-refractivity contribution < 1.29 is 28.2 Å². The van der Waals surface area contributed by atoms with Gasteiger partial charge in [-0.1, -0.05) is 6.42 Å². The van der Waals surface area contributed by atoms with Gasteiger partial charge in [0.05, 0.1) is 18.8 Å². The molecular formula is C22H28FN5O5. The average Bonchev–Trinajstić information content (AvgIpc) is 3.09. The maximum absolute atomic E-state index is 14.9. The summed E-state index contributed by atoms with van der Waals surface area (Å²) in [6.45, 7) is 5.24. The minimum Gasteiger partial charge on any atom is -0.453 e. The topological polar surface area (TPSA) is 134 Å². The zero-order chi connectivity index (χ0) is 24.2. The summed E-state index contributed by atoms with van der Waals surface area (Å²) in [5, 5.41) is 8.01. The number of amides is 3. The van der Waals surface area contributed by atoms with E-state index in [0.717, 1.165) is 0 Å². The number of benzene rings is 1. The Hall–Kier alpha value is -3.63. The second-order valence-corrected chi connectivity index (χ2v) is 8.65. The first kappa shape index (κ1) is 24.0. The molecule has 2 aromatic rings. The molecule has 0 aliphatic carbocycles. The van der Waals surface area contributed by atoms with Crippen molar-refractivity contribution in [3.05, 3.63) is 30.0 Å². The predicted molar refractivity (Wildman–Crippen MR) is 119 cm³/mol. The minimum atomic E-state index is -0.718. The first-order chi connectivity index (χ1) is 15.6. The van der Waals surface area contributed by atoms with Crippen LogP contribution in [0, 0.1) is 5.95 Å². The fourth-order valence-electron chi connectivity index (χ4n) is 3.39. The van der Waals surface area contributed by atoms with Gasteiger partial charge in [0.15, 0.2) is 0 Å². The number of methoxy groups -OCH3 is 1. The number of carbonyl (C=O) groups is 3. The Balaban J connectivity index is 1.98. The lowest BCUT2D eigenvalue weighted by Gasteiger charge is -2.23. The number of ether oxygens (including phenoxy) is 2. The lowest BCUT2D eigenvalue weighted by atomic mass is 10.1. The molecule has 0 spiro atoms. The van der Waals surface area contributed by atoms with Gasteiger partial charge < -0.3 is 25.1 Å². The Bertz CT molecular complexity index is 1050. The standard InChI is InChI=1S/C22H28FN5O5/c1-22(2,3)33-21(31)26-14-7-5-6-8-16(29)25-15-11-12(24-20(30)32-4)9-10-13(15)17-18(23)28-19(14)27-17/h9-11,14H,5-8H2,1-4H3,(H,24,30)(H,25,29)(H,26,31)(H,27,28). The Kier molecular flexibility index (Phi) is 7.19. The van der Waals surface area contributed by atoms with Crippen LogP contribution in [0.2, 0.25) is 0 Å². The van der Waals surface area contributed by atoms with Crippen LogP contribution >= 0.6 is 0 Å². The zero-order valence-electron chi connectivity index (χ0n) is 19.0. The van der Waals surface area contributed by atoms with E-state index in [4.69, 9.17) is 4.74 Å². The second kappa shape index (κ2) is 9.88. The Morgan fingerprint density at radius 1 is 1.21 bits per heavy atom. The van der Waals surface area contributed by atoms with Crippen LogP contribution in [0.15, 0.2) is 18.2 Å². The molecule has 4 N–H and O–H groups in total. The van der Waals surface area contributed by atoms with Crippen molar-refractivity contribution in [3.63, 3.8) is 0 Å². The van der Waals surface area contributed by atoms with Crippen molar-refractivity contribution in [2.75, 3.05) is 17.7 Å². The predicted octanol–water partition coefficient (Wildman–Crippen LogP) is 4.47. The quantitative estimate of drug-likeness (QED) is 0.521. The van der Waals surface area contributed by atoms with Crippen LogP contribution in [-0.4, -0.2) is 40.8 Å². The number of aromatic amines is 1. The maximum Gasteiger partial charge on any atom is 0.411 e. The molecular weight excluding hydrogens is 433 g/mol. The smallest absolute Gasteiger partial charge is 0.411 e. The normalized spacial score (nSPS) is 16.4. The molecule has 33 heavy (non-hydrogen) atoms. The molecule has 10 nitrogen and oxygen atoms in total. The van der Waals surface area contributed by atoms with Crippen molar-refractivity contribution in [1.29, 1.82) is 0 Å². The third kappa shape index (κ3) is 6.43. The number of fused-ring (bicyclic) bond motifs is 4. The summed E-state index contributed by atoms with van der Waals surface area (Å²) in [4.78, 5) is 43.3. The number of carbonyl (C=O) groups excluding carboxylic acids is 3. The van der Waals surface area contributed by atoms with E-state index in [1.165, 1.54) is 25.3 Å². The average molecular weight is 461 g/mol. The van der Waals surface area contributed by atoms with E-state index < -0.39 is 29.8 Å². The van der Waals surface area contributed by atoms with Gasteiger partial charge in [-0.15, -0.1) is 0 Å². The van der Waals surface area contributed by atoms with E-state index in [1.807, 2.05) is 0 Å². The maximum atomic E-state index is 14.9. The molecule has 3 rings (SSSR count). The number of anilines is 2. The highest BCUT2D eigenvalue weighted by atomic mass is 19.1. The first-order valence-corrected chi connectivity index (χ1v) is 10.6. The van der Waals surface area contributed by atoms with Crippen molar-refractivity contribution in [2.24, 2.45) is 0 Å². The van der Waals surface area contributed by atoms with Crippen molar-refractivity contribution >= 4 is 29.5 Å². The molecule has 0 fully saturated rings. The molecule has 1 aromatic carbocycles. The Morgan fingerprint density at radius 3 is 2.67 bits per heavy atom. The van der Waals surface area contributed by atoms with E-state index in [1.54, 1.807) is 20.8 Å². The van der Waals surface area contributed by atoms with Gasteiger partial charge in [-0.05, 0) is 51.8 Å². The number of H-pyrrole nitrogens is 1. The molecule has 1 aliphatic rings. The van der Waals surface area contributed by atoms with Crippen LogP contribution in [0.5, 0.6) is 0 Å². The monoisotopic (exact) mass is 461 g/mol. The van der Waals surface area contributed by atoms with Crippen LogP contribution in [0.25, 0.3) is 11.3 Å². The van der Waals surface area contributed by atoms with Crippen molar-refractivity contribution in [1.82, 2.24) is 15.3 Å². The molecule has 11 heteroatoms. The number of nitrogens with zero attached hydrogens (tertiary/aromatic N) is 1. The first-order valence-electron chi connectivity index (χ1n) is 10.6. The molecule has 2 heterocycles. The number of nitrogens with one attached hydrogen (secondary N) is 4. The SMILES string of the molecule is COC(=O)Nc1ccc2c(c1)NC(=O)CCCCC(NC(=O)OC(C)(C)C)c1nc-2c(F)[nH]1. The van der Waals surface area contributed by atoms with Crippen LogP contribution in [0.3, 0.4) is 0 Å². The zero-order valence-corrected chi connectivity index (χ0v) is 19.0. The Morgan fingerprint density at radius 2 is 1.97 bits per heavy atom. The molecule has 178 valence electrons.